The highest BCUT2D eigenvalue weighted by Crippen LogP contribution is 1.79. The molecule has 0 aliphatic carbocycles. The van der Waals surface area contributed by atoms with Gasteiger partial charge in [-0.2, -0.15) is 0 Å². The molecule has 0 fully saturated rings. The van der Waals surface area contributed by atoms with Gasteiger partial charge in [0.15, 0.2) is 0 Å². The summed E-state index contributed by atoms with van der Waals surface area (Å²) < 4.78 is 24.6. The third-order valence-corrected chi connectivity index (χ3v) is 0.888. The Bertz CT molecular complexity index is 164. The highest BCUT2D eigenvalue weighted by molar-refractivity contribution is 4.68. The van der Waals surface area contributed by atoms with Gasteiger partial charge in [-0.1, -0.05) is 4.73 Å². The number of hydrogen-bond acceptors (Lipinski definition) is 4. The molecule has 0 radical (unpaired) electrons. The number of nitrogens with zero attached hydrogens (tertiary/aromatic N) is 2. The predicted molar refractivity (Wildman–Crippen MR) is 18.8 cm³/mol. The molecular formula is C3H3ClN2O3. The van der Waals surface area contributed by atoms with E-state index in [1.807, 2.05) is 0 Å². The Morgan fingerprint density at radius 2 is 2.33 bits per heavy atom. The van der Waals surface area contributed by atoms with Crippen LogP contribution in [0.1, 0.15) is 0 Å². The maximum absolute atomic E-state index is 9.76. The van der Waals surface area contributed by atoms with Crippen molar-refractivity contribution in [2.24, 2.45) is 0 Å². The van der Waals surface area contributed by atoms with Crippen LogP contribution < -0.4 is 13.7 Å². The van der Waals surface area contributed by atoms with Gasteiger partial charge in [0.2, 0.25) is 0 Å². The molecule has 0 spiro atoms. The zero-order chi connectivity index (χ0) is 6.69. The van der Waals surface area contributed by atoms with E-state index in [0.29, 0.717) is 0 Å². The van der Waals surface area contributed by atoms with Crippen LogP contribution in [0.3, 0.4) is 0 Å². The number of aromatic nitrogens is 2. The van der Waals surface area contributed by atoms with E-state index >= 15 is 0 Å². The van der Waals surface area contributed by atoms with Gasteiger partial charge in [-0.15, -0.1) is 0 Å². The largest absolute Gasteiger partial charge is 0.380 e. The van der Waals surface area contributed by atoms with Crippen molar-refractivity contribution >= 4 is 0 Å². The van der Waals surface area contributed by atoms with Crippen LogP contribution in [0.15, 0.2) is 18.7 Å². The van der Waals surface area contributed by atoms with E-state index in [-0.39, 0.29) is 0 Å². The van der Waals surface area contributed by atoms with Gasteiger partial charge in [-0.3, -0.25) is 0 Å². The number of halogens is 1. The van der Waals surface area contributed by atoms with E-state index in [1.165, 1.54) is 18.7 Å². The van der Waals surface area contributed by atoms with Crippen LogP contribution in [0, 0.1) is 10.8 Å². The molecule has 0 saturated carbocycles. The molecule has 0 amide bonds. The van der Waals surface area contributed by atoms with Crippen molar-refractivity contribution in [3.63, 3.8) is 0 Å². The summed E-state index contributed by atoms with van der Waals surface area (Å²) in [4.78, 5) is 3.53. The Labute approximate surface area is 53.9 Å². The molecule has 5 nitrogen and oxygen atoms in total. The summed E-state index contributed by atoms with van der Waals surface area (Å²) in [7, 11) is -2.22. The third-order valence-electron chi connectivity index (χ3n) is 0.616. The van der Waals surface area contributed by atoms with E-state index in [4.69, 9.17) is 0 Å². The van der Waals surface area contributed by atoms with Gasteiger partial charge in [0.25, 0.3) is 0 Å². The Balaban J connectivity index is 2.48. The maximum atomic E-state index is 9.76. The van der Waals surface area contributed by atoms with Gasteiger partial charge >= 0.3 is 10.8 Å². The Hall–Kier alpha value is -0.780. The summed E-state index contributed by atoms with van der Waals surface area (Å²) in [5.74, 6) is 0. The van der Waals surface area contributed by atoms with Gasteiger partial charge in [0.05, 0.1) is 6.20 Å². The smallest absolute Gasteiger partial charge is 0.305 e. The first kappa shape index (κ1) is 6.34. The molecule has 1 heterocycles. The van der Waals surface area contributed by atoms with E-state index in [9.17, 15) is 9.32 Å². The number of rotatable bonds is 2. The molecule has 0 aliphatic heterocycles. The van der Waals surface area contributed by atoms with Crippen LogP contribution in [0.5, 0.6) is 0 Å². The van der Waals surface area contributed by atoms with Gasteiger partial charge in [0.1, 0.15) is 6.33 Å². The lowest BCUT2D eigenvalue weighted by Crippen LogP contribution is -2.40. The fraction of sp³-hybridized carbons (Fsp3) is 0. The summed E-state index contributed by atoms with van der Waals surface area (Å²) >= 11 is 0. The van der Waals surface area contributed by atoms with Crippen molar-refractivity contribution in [2.45, 2.75) is 0 Å². The molecule has 0 saturated heterocycles. The van der Waals surface area contributed by atoms with Crippen molar-refractivity contribution < 1.29 is 24.5 Å². The molecule has 0 aliphatic rings. The molecule has 1 aromatic rings. The van der Waals surface area contributed by atoms with Gasteiger partial charge in [-0.05, 0) is 0 Å². The fourth-order valence-corrected chi connectivity index (χ4v) is 0.565. The topological polar surface area (TPSA) is 73.2 Å². The van der Waals surface area contributed by atoms with Crippen LogP contribution in [-0.2, 0) is 0 Å². The minimum absolute atomic E-state index is 0.959. The molecular weight excluding hydrogens is 147 g/mol. The summed E-state index contributed by atoms with van der Waals surface area (Å²) in [6.45, 7) is 0. The van der Waals surface area contributed by atoms with Gasteiger partial charge in [-0.25, -0.2) is 4.98 Å². The van der Waals surface area contributed by atoms with Gasteiger partial charge < -0.3 is 9.32 Å². The van der Waals surface area contributed by atoms with E-state index in [1.54, 1.807) is 0 Å². The van der Waals surface area contributed by atoms with Crippen molar-refractivity contribution in [3.05, 3.63) is 18.7 Å². The standard InChI is InChI=1S/C3H3ClN2O3/c7-4(8)9-6-2-1-5-3-6/h1-3H. The monoisotopic (exact) mass is 150 g/mol. The van der Waals surface area contributed by atoms with Crippen molar-refractivity contribution in [3.8, 4) is 0 Å². The highest BCUT2D eigenvalue weighted by atomic mass is 35.6. The Morgan fingerprint density at radius 3 is 2.78 bits per heavy atom. The first-order valence-electron chi connectivity index (χ1n) is 2.01. The summed E-state index contributed by atoms with van der Waals surface area (Å²) in [6.07, 6.45) is 3.99. The average Bonchev–Trinajstić information content (AvgIpc) is 2.15. The van der Waals surface area contributed by atoms with Crippen LogP contribution in [0.4, 0.5) is 0 Å². The fourth-order valence-electron chi connectivity index (χ4n) is 0.353. The average molecular weight is 151 g/mol. The number of imidazole rings is 1. The molecule has 1 aromatic heterocycles. The van der Waals surface area contributed by atoms with E-state index in [2.05, 4.69) is 9.37 Å². The summed E-state index contributed by atoms with van der Waals surface area (Å²) in [6, 6.07) is 0. The first-order valence-corrected chi connectivity index (χ1v) is 2.94. The minimum Gasteiger partial charge on any atom is -0.305 e. The SMILES string of the molecule is [O-][Cl+2]([O-])On1ccnc1. The first-order chi connectivity index (χ1) is 4.29. The number of hydrogen-bond donors (Lipinski definition) is 0. The van der Waals surface area contributed by atoms with Crippen molar-refractivity contribution in [1.29, 1.82) is 0 Å². The molecule has 1 rings (SSSR count). The second-order valence-corrected chi connectivity index (χ2v) is 1.70. The quantitative estimate of drug-likeness (QED) is 0.463. The highest BCUT2D eigenvalue weighted by Gasteiger charge is 2.06. The van der Waals surface area contributed by atoms with Crippen molar-refractivity contribution in [1.82, 2.24) is 9.71 Å². The molecule has 0 aromatic carbocycles. The molecule has 6 heteroatoms. The van der Waals surface area contributed by atoms with Crippen LogP contribution >= 0.6 is 0 Å². The lowest BCUT2D eigenvalue weighted by atomic mass is 11.0. The van der Waals surface area contributed by atoms with Crippen LogP contribution in [0.25, 0.3) is 0 Å². The molecule has 9 heavy (non-hydrogen) atoms. The summed E-state index contributed by atoms with van der Waals surface area (Å²) in [5, 5.41) is 0. The summed E-state index contributed by atoms with van der Waals surface area (Å²) in [5.41, 5.74) is 0. The molecule has 0 N–H and O–H groups in total. The Kier molecular flexibility index (Phi) is 1.88. The van der Waals surface area contributed by atoms with Gasteiger partial charge in [0, 0.05) is 10.6 Å². The zero-order valence-corrected chi connectivity index (χ0v) is 4.99. The van der Waals surface area contributed by atoms with Crippen molar-refractivity contribution in [2.75, 3.05) is 0 Å². The molecule has 0 atom stereocenters. The molecule has 0 bridgehead atoms. The van der Waals surface area contributed by atoms with E-state index in [0.717, 1.165) is 4.73 Å². The molecule has 0 unspecified atom stereocenters. The van der Waals surface area contributed by atoms with E-state index < -0.39 is 10.8 Å². The Morgan fingerprint density at radius 1 is 1.56 bits per heavy atom. The normalized spacial score (nSPS) is 10.1. The predicted octanol–water partition coefficient (Wildman–Crippen LogP) is -2.60. The lowest BCUT2D eigenvalue weighted by Gasteiger charge is -1.90. The zero-order valence-electron chi connectivity index (χ0n) is 4.23. The second-order valence-electron chi connectivity index (χ2n) is 1.18. The van der Waals surface area contributed by atoms with Crippen LogP contribution in [-0.4, -0.2) is 9.71 Å². The molecule has 50 valence electrons. The third kappa shape index (κ3) is 1.88. The second kappa shape index (κ2) is 2.67. The lowest BCUT2D eigenvalue weighted by molar-refractivity contribution is -1.63. The van der Waals surface area contributed by atoms with Crippen LogP contribution in [0.2, 0.25) is 0 Å². The minimum atomic E-state index is -2.22. The maximum Gasteiger partial charge on any atom is 0.380 e.